The summed E-state index contributed by atoms with van der Waals surface area (Å²) in [6.07, 6.45) is 0. The third-order valence-corrected chi connectivity index (χ3v) is 3.81. The van der Waals surface area contributed by atoms with E-state index in [9.17, 15) is 4.79 Å². The number of hydrogen-bond donors (Lipinski definition) is 2. The summed E-state index contributed by atoms with van der Waals surface area (Å²) < 4.78 is 0. The van der Waals surface area contributed by atoms with E-state index >= 15 is 0 Å². The van der Waals surface area contributed by atoms with E-state index in [1.165, 1.54) is 0 Å². The lowest BCUT2D eigenvalue weighted by Crippen LogP contribution is -2.22. The number of aromatic nitrogens is 2. The fourth-order valence-electron chi connectivity index (χ4n) is 1.97. The number of aromatic amines is 1. The molecule has 0 bridgehead atoms. The average Bonchev–Trinajstić information content (AvgIpc) is 3.04. The number of fused-ring (bicyclic) bond motifs is 1. The van der Waals surface area contributed by atoms with E-state index in [0.29, 0.717) is 12.2 Å². The van der Waals surface area contributed by atoms with E-state index in [1.807, 2.05) is 42.6 Å². The molecule has 0 saturated carbocycles. The molecule has 0 aliphatic rings. The van der Waals surface area contributed by atoms with Crippen molar-refractivity contribution in [3.05, 3.63) is 51.8 Å². The first-order valence-electron chi connectivity index (χ1n) is 5.99. The fourth-order valence-corrected chi connectivity index (χ4v) is 2.61. The van der Waals surface area contributed by atoms with Gasteiger partial charge in [0.15, 0.2) is 5.69 Å². The van der Waals surface area contributed by atoms with Crippen molar-refractivity contribution in [1.29, 1.82) is 0 Å². The lowest BCUT2D eigenvalue weighted by molar-refractivity contribution is 0.0948. The molecule has 0 fully saturated rings. The van der Waals surface area contributed by atoms with Crippen LogP contribution in [0.2, 0.25) is 0 Å². The minimum absolute atomic E-state index is 0.148. The van der Waals surface area contributed by atoms with Gasteiger partial charge in [-0.15, -0.1) is 11.3 Å². The molecule has 3 aromatic rings. The molecule has 0 radical (unpaired) electrons. The number of thiophene rings is 1. The molecule has 4 nitrogen and oxygen atoms in total. The molecule has 19 heavy (non-hydrogen) atoms. The van der Waals surface area contributed by atoms with Crippen LogP contribution in [0.5, 0.6) is 0 Å². The Labute approximate surface area is 114 Å². The largest absolute Gasteiger partial charge is 0.346 e. The maximum Gasteiger partial charge on any atom is 0.272 e. The van der Waals surface area contributed by atoms with Crippen LogP contribution in [-0.2, 0) is 6.54 Å². The Balaban J connectivity index is 1.83. The molecule has 5 heteroatoms. The number of carbonyl (C=O) groups excluding carboxylic acids is 1. The zero-order chi connectivity index (χ0) is 13.2. The van der Waals surface area contributed by atoms with Gasteiger partial charge in [-0.25, -0.2) is 0 Å². The van der Waals surface area contributed by atoms with E-state index in [1.54, 1.807) is 11.3 Å². The molecular formula is C14H13N3OS. The predicted molar refractivity (Wildman–Crippen MR) is 76.3 cm³/mol. The molecule has 0 aliphatic heterocycles. The van der Waals surface area contributed by atoms with Gasteiger partial charge in [-0.1, -0.05) is 17.7 Å². The minimum Gasteiger partial charge on any atom is -0.346 e. The number of rotatable bonds is 3. The molecule has 0 saturated heterocycles. The van der Waals surface area contributed by atoms with Crippen molar-refractivity contribution >= 4 is 28.1 Å². The SMILES string of the molecule is Cc1ccc2[nH]nc(C(=O)NCc3cccs3)c2c1. The summed E-state index contributed by atoms with van der Waals surface area (Å²) in [5.74, 6) is -0.148. The Morgan fingerprint density at radius 3 is 3.11 bits per heavy atom. The van der Waals surface area contributed by atoms with Gasteiger partial charge in [-0.2, -0.15) is 5.10 Å². The molecule has 2 N–H and O–H groups in total. The molecular weight excluding hydrogens is 258 g/mol. The van der Waals surface area contributed by atoms with Crippen LogP contribution in [0.15, 0.2) is 35.7 Å². The highest BCUT2D eigenvalue weighted by atomic mass is 32.1. The summed E-state index contributed by atoms with van der Waals surface area (Å²) in [6, 6.07) is 9.87. The number of nitrogens with zero attached hydrogens (tertiary/aromatic N) is 1. The van der Waals surface area contributed by atoms with Crippen LogP contribution in [-0.4, -0.2) is 16.1 Å². The second kappa shape index (κ2) is 4.85. The normalized spacial score (nSPS) is 10.8. The van der Waals surface area contributed by atoms with Crippen LogP contribution < -0.4 is 5.32 Å². The standard InChI is InChI=1S/C14H13N3OS/c1-9-4-5-12-11(7-9)13(17-16-12)14(18)15-8-10-3-2-6-19-10/h2-7H,8H2,1H3,(H,15,18)(H,16,17). The van der Waals surface area contributed by atoms with Crippen molar-refractivity contribution in [2.24, 2.45) is 0 Å². The van der Waals surface area contributed by atoms with Crippen LogP contribution in [0.1, 0.15) is 20.9 Å². The molecule has 96 valence electrons. The molecule has 1 aromatic carbocycles. The number of nitrogens with one attached hydrogen (secondary N) is 2. The number of aryl methyl sites for hydroxylation is 1. The molecule has 3 rings (SSSR count). The summed E-state index contributed by atoms with van der Waals surface area (Å²) in [7, 11) is 0. The van der Waals surface area contributed by atoms with E-state index in [0.717, 1.165) is 21.3 Å². The zero-order valence-electron chi connectivity index (χ0n) is 10.4. The van der Waals surface area contributed by atoms with Gasteiger partial charge in [0, 0.05) is 10.3 Å². The topological polar surface area (TPSA) is 57.8 Å². The molecule has 0 spiro atoms. The lowest BCUT2D eigenvalue weighted by atomic mass is 10.1. The summed E-state index contributed by atoms with van der Waals surface area (Å²) >= 11 is 1.63. The average molecular weight is 271 g/mol. The van der Waals surface area contributed by atoms with Gasteiger partial charge in [0.05, 0.1) is 12.1 Å². The minimum atomic E-state index is -0.148. The first-order valence-corrected chi connectivity index (χ1v) is 6.87. The van der Waals surface area contributed by atoms with Gasteiger partial charge in [-0.3, -0.25) is 9.89 Å². The van der Waals surface area contributed by atoms with Gasteiger partial charge >= 0.3 is 0 Å². The predicted octanol–water partition coefficient (Wildman–Crippen LogP) is 2.86. The molecule has 0 aliphatic carbocycles. The van der Waals surface area contributed by atoms with Gasteiger partial charge in [-0.05, 0) is 30.5 Å². The highest BCUT2D eigenvalue weighted by Gasteiger charge is 2.13. The van der Waals surface area contributed by atoms with Crippen LogP contribution in [0.3, 0.4) is 0 Å². The second-order valence-electron chi connectivity index (χ2n) is 4.38. The first-order chi connectivity index (χ1) is 9.24. The van der Waals surface area contributed by atoms with E-state index < -0.39 is 0 Å². The third-order valence-electron chi connectivity index (χ3n) is 2.94. The number of benzene rings is 1. The van der Waals surface area contributed by atoms with Gasteiger partial charge in [0.2, 0.25) is 0 Å². The Bertz CT molecular complexity index is 715. The second-order valence-corrected chi connectivity index (χ2v) is 5.42. The smallest absolute Gasteiger partial charge is 0.272 e. The Morgan fingerprint density at radius 2 is 2.32 bits per heavy atom. The Hall–Kier alpha value is -2.14. The van der Waals surface area contributed by atoms with Crippen molar-refractivity contribution in [3.8, 4) is 0 Å². The summed E-state index contributed by atoms with van der Waals surface area (Å²) in [5, 5.41) is 12.7. The molecule has 1 amide bonds. The monoisotopic (exact) mass is 271 g/mol. The summed E-state index contributed by atoms with van der Waals surface area (Å²) in [5.41, 5.74) is 2.45. The first kappa shape index (κ1) is 11.9. The Morgan fingerprint density at radius 1 is 1.42 bits per heavy atom. The molecule has 0 unspecified atom stereocenters. The van der Waals surface area contributed by atoms with Crippen LogP contribution in [0.25, 0.3) is 10.9 Å². The number of hydrogen-bond acceptors (Lipinski definition) is 3. The van der Waals surface area contributed by atoms with Crippen LogP contribution in [0.4, 0.5) is 0 Å². The van der Waals surface area contributed by atoms with Gasteiger partial charge in [0.1, 0.15) is 0 Å². The maximum atomic E-state index is 12.1. The number of amides is 1. The van der Waals surface area contributed by atoms with Gasteiger partial charge in [0.25, 0.3) is 5.91 Å². The van der Waals surface area contributed by atoms with E-state index in [2.05, 4.69) is 15.5 Å². The van der Waals surface area contributed by atoms with E-state index in [4.69, 9.17) is 0 Å². The lowest BCUT2D eigenvalue weighted by Gasteiger charge is -2.01. The molecule has 0 atom stereocenters. The third kappa shape index (κ3) is 2.37. The van der Waals surface area contributed by atoms with Crippen molar-refractivity contribution in [2.75, 3.05) is 0 Å². The summed E-state index contributed by atoms with van der Waals surface area (Å²) in [6.45, 7) is 2.54. The number of H-pyrrole nitrogens is 1. The molecule has 2 heterocycles. The quantitative estimate of drug-likeness (QED) is 0.769. The summed E-state index contributed by atoms with van der Waals surface area (Å²) in [4.78, 5) is 13.3. The zero-order valence-corrected chi connectivity index (χ0v) is 11.3. The van der Waals surface area contributed by atoms with Crippen molar-refractivity contribution in [2.45, 2.75) is 13.5 Å². The van der Waals surface area contributed by atoms with E-state index in [-0.39, 0.29) is 5.91 Å². The number of carbonyl (C=O) groups is 1. The Kier molecular flexibility index (Phi) is 3.05. The fraction of sp³-hybridized carbons (Fsp3) is 0.143. The van der Waals surface area contributed by atoms with Crippen LogP contribution in [0, 0.1) is 6.92 Å². The van der Waals surface area contributed by atoms with Crippen LogP contribution >= 0.6 is 11.3 Å². The van der Waals surface area contributed by atoms with Crippen molar-refractivity contribution in [1.82, 2.24) is 15.5 Å². The van der Waals surface area contributed by atoms with Crippen molar-refractivity contribution < 1.29 is 4.79 Å². The highest BCUT2D eigenvalue weighted by Crippen LogP contribution is 2.17. The highest BCUT2D eigenvalue weighted by molar-refractivity contribution is 7.09. The van der Waals surface area contributed by atoms with Gasteiger partial charge < -0.3 is 5.32 Å². The van der Waals surface area contributed by atoms with Crippen molar-refractivity contribution in [3.63, 3.8) is 0 Å². The molecule has 2 aromatic heterocycles. The maximum absolute atomic E-state index is 12.1.